The summed E-state index contributed by atoms with van der Waals surface area (Å²) in [6, 6.07) is 0. The third-order valence-corrected chi connectivity index (χ3v) is 2.83. The van der Waals surface area contributed by atoms with E-state index in [-0.39, 0.29) is 5.91 Å². The van der Waals surface area contributed by atoms with E-state index in [4.69, 9.17) is 5.73 Å². The Hall–Kier alpha value is -0.610. The number of hydrogen-bond donors (Lipinski definition) is 2. The van der Waals surface area contributed by atoms with Crippen LogP contribution in [0.3, 0.4) is 0 Å². The van der Waals surface area contributed by atoms with E-state index in [9.17, 15) is 4.79 Å². The summed E-state index contributed by atoms with van der Waals surface area (Å²) in [4.78, 5) is 13.4. The average Bonchev–Trinajstić information content (AvgIpc) is 2.22. The molecule has 0 aliphatic heterocycles. The van der Waals surface area contributed by atoms with Crippen LogP contribution in [-0.4, -0.2) is 44.0 Å². The molecular weight excluding hydrogens is 190 g/mol. The molecule has 0 aromatic carbocycles. The topological polar surface area (TPSA) is 58.4 Å². The smallest absolute Gasteiger partial charge is 0.233 e. The second kappa shape index (κ2) is 7.65. The van der Waals surface area contributed by atoms with E-state index in [1.54, 1.807) is 7.05 Å². The lowest BCUT2D eigenvalue weighted by molar-refractivity contribution is -0.121. The van der Waals surface area contributed by atoms with E-state index in [0.29, 0.717) is 24.9 Å². The van der Waals surface area contributed by atoms with Gasteiger partial charge >= 0.3 is 0 Å². The van der Waals surface area contributed by atoms with E-state index in [1.807, 2.05) is 0 Å². The van der Waals surface area contributed by atoms with E-state index >= 15 is 0 Å². The molecule has 3 N–H and O–H groups in total. The highest BCUT2D eigenvalue weighted by Gasteiger charge is 2.16. The Morgan fingerprint density at radius 2 is 2.07 bits per heavy atom. The van der Waals surface area contributed by atoms with Gasteiger partial charge in [-0.15, -0.1) is 0 Å². The van der Waals surface area contributed by atoms with Crippen molar-refractivity contribution in [2.45, 2.75) is 20.8 Å². The van der Waals surface area contributed by atoms with Crippen LogP contribution < -0.4 is 11.1 Å². The number of nitrogens with zero attached hydrogens (tertiary/aromatic N) is 1. The fourth-order valence-electron chi connectivity index (χ4n) is 1.48. The highest BCUT2D eigenvalue weighted by Crippen LogP contribution is 2.10. The first-order chi connectivity index (χ1) is 7.04. The summed E-state index contributed by atoms with van der Waals surface area (Å²) in [6.07, 6.45) is 0. The van der Waals surface area contributed by atoms with Gasteiger partial charge in [-0.05, 0) is 24.9 Å². The number of nitrogens with one attached hydrogen (secondary N) is 1. The molecule has 0 saturated heterocycles. The zero-order chi connectivity index (χ0) is 11.8. The van der Waals surface area contributed by atoms with Gasteiger partial charge in [0.05, 0.1) is 6.54 Å². The second-order valence-corrected chi connectivity index (χ2v) is 4.24. The monoisotopic (exact) mass is 215 g/mol. The number of nitrogens with two attached hydrogens (primary N) is 1. The molecule has 0 saturated carbocycles. The molecule has 0 aliphatic rings. The average molecular weight is 215 g/mol. The highest BCUT2D eigenvalue weighted by atomic mass is 16.1. The van der Waals surface area contributed by atoms with E-state index in [0.717, 1.165) is 13.1 Å². The van der Waals surface area contributed by atoms with Crippen molar-refractivity contribution in [2.75, 3.05) is 33.2 Å². The summed E-state index contributed by atoms with van der Waals surface area (Å²) < 4.78 is 0. The Morgan fingerprint density at radius 1 is 1.47 bits per heavy atom. The first-order valence-corrected chi connectivity index (χ1v) is 5.68. The maximum absolute atomic E-state index is 11.2. The number of amides is 1. The van der Waals surface area contributed by atoms with Crippen LogP contribution in [0.15, 0.2) is 0 Å². The van der Waals surface area contributed by atoms with Crippen molar-refractivity contribution in [3.05, 3.63) is 0 Å². The van der Waals surface area contributed by atoms with Gasteiger partial charge in [0.25, 0.3) is 0 Å². The Bertz CT molecular complexity index is 183. The first-order valence-electron chi connectivity index (χ1n) is 5.68. The molecule has 0 bridgehead atoms. The Kier molecular flexibility index (Phi) is 7.34. The number of carbonyl (C=O) groups excluding carboxylic acids is 1. The molecule has 1 amide bonds. The quantitative estimate of drug-likeness (QED) is 0.641. The maximum Gasteiger partial charge on any atom is 0.233 e. The van der Waals surface area contributed by atoms with Crippen molar-refractivity contribution in [3.8, 4) is 0 Å². The first kappa shape index (κ1) is 14.4. The molecule has 0 heterocycles. The van der Waals surface area contributed by atoms with Gasteiger partial charge in [0.2, 0.25) is 5.91 Å². The molecule has 90 valence electrons. The standard InChI is InChI=1S/C11H25N3O/c1-5-14(8-11(15)13-4)7-10(6-12)9(2)3/h9-10H,5-8,12H2,1-4H3,(H,13,15). The van der Waals surface area contributed by atoms with Crippen LogP contribution in [0.1, 0.15) is 20.8 Å². The molecule has 0 radical (unpaired) electrons. The van der Waals surface area contributed by atoms with Crippen LogP contribution in [-0.2, 0) is 4.79 Å². The summed E-state index contributed by atoms with van der Waals surface area (Å²) in [6.45, 7) is 9.35. The predicted molar refractivity (Wildman–Crippen MR) is 63.6 cm³/mol. The van der Waals surface area contributed by atoms with Gasteiger partial charge in [-0.3, -0.25) is 9.69 Å². The van der Waals surface area contributed by atoms with Crippen molar-refractivity contribution >= 4 is 5.91 Å². The van der Waals surface area contributed by atoms with Crippen LogP contribution in [0.5, 0.6) is 0 Å². The highest BCUT2D eigenvalue weighted by molar-refractivity contribution is 5.77. The Balaban J connectivity index is 4.12. The molecule has 0 rings (SSSR count). The van der Waals surface area contributed by atoms with Gasteiger partial charge < -0.3 is 11.1 Å². The van der Waals surface area contributed by atoms with Gasteiger partial charge in [-0.1, -0.05) is 20.8 Å². The molecule has 0 spiro atoms. The van der Waals surface area contributed by atoms with Crippen LogP contribution in [0.2, 0.25) is 0 Å². The van der Waals surface area contributed by atoms with E-state index in [2.05, 4.69) is 31.0 Å². The van der Waals surface area contributed by atoms with Crippen molar-refractivity contribution in [2.24, 2.45) is 17.6 Å². The minimum absolute atomic E-state index is 0.0661. The molecule has 4 nitrogen and oxygen atoms in total. The van der Waals surface area contributed by atoms with Crippen molar-refractivity contribution < 1.29 is 4.79 Å². The molecule has 1 atom stereocenters. The van der Waals surface area contributed by atoms with Crippen LogP contribution >= 0.6 is 0 Å². The number of hydrogen-bond acceptors (Lipinski definition) is 3. The van der Waals surface area contributed by atoms with Crippen LogP contribution in [0, 0.1) is 11.8 Å². The lowest BCUT2D eigenvalue weighted by atomic mass is 9.95. The van der Waals surface area contributed by atoms with E-state index in [1.165, 1.54) is 0 Å². The molecule has 15 heavy (non-hydrogen) atoms. The molecule has 1 unspecified atom stereocenters. The van der Waals surface area contributed by atoms with Crippen LogP contribution in [0.25, 0.3) is 0 Å². The fourth-order valence-corrected chi connectivity index (χ4v) is 1.48. The zero-order valence-electron chi connectivity index (χ0n) is 10.4. The summed E-state index contributed by atoms with van der Waals surface area (Å²) in [5.41, 5.74) is 5.71. The van der Waals surface area contributed by atoms with Crippen molar-refractivity contribution in [3.63, 3.8) is 0 Å². The molecule has 0 aliphatic carbocycles. The van der Waals surface area contributed by atoms with Gasteiger partial charge in [0.1, 0.15) is 0 Å². The normalized spacial score (nSPS) is 13.3. The summed E-state index contributed by atoms with van der Waals surface area (Å²) in [5.74, 6) is 1.10. The minimum atomic E-state index is 0.0661. The third kappa shape index (κ3) is 5.74. The Labute approximate surface area is 93.2 Å². The number of likely N-dealkylation sites (N-methyl/N-ethyl adjacent to an activating group) is 2. The van der Waals surface area contributed by atoms with E-state index < -0.39 is 0 Å². The van der Waals surface area contributed by atoms with Gasteiger partial charge in [-0.25, -0.2) is 0 Å². The zero-order valence-corrected chi connectivity index (χ0v) is 10.4. The SMILES string of the molecule is CCN(CC(=O)NC)CC(CN)C(C)C. The minimum Gasteiger partial charge on any atom is -0.358 e. The number of carbonyl (C=O) groups is 1. The maximum atomic E-state index is 11.2. The Morgan fingerprint density at radius 3 is 2.40 bits per heavy atom. The fraction of sp³-hybridized carbons (Fsp3) is 0.909. The molecule has 0 aromatic heterocycles. The number of rotatable bonds is 7. The van der Waals surface area contributed by atoms with Crippen LogP contribution in [0.4, 0.5) is 0 Å². The molecule has 0 fully saturated rings. The summed E-state index contributed by atoms with van der Waals surface area (Å²) in [7, 11) is 1.67. The van der Waals surface area contributed by atoms with Crippen molar-refractivity contribution in [1.82, 2.24) is 10.2 Å². The summed E-state index contributed by atoms with van der Waals surface area (Å²) in [5, 5.41) is 2.64. The van der Waals surface area contributed by atoms with Gasteiger partial charge in [0, 0.05) is 13.6 Å². The molecule has 0 aromatic rings. The van der Waals surface area contributed by atoms with Crippen molar-refractivity contribution in [1.29, 1.82) is 0 Å². The summed E-state index contributed by atoms with van der Waals surface area (Å²) >= 11 is 0. The molecule has 4 heteroatoms. The lowest BCUT2D eigenvalue weighted by Crippen LogP contribution is -2.41. The molecular formula is C11H25N3O. The largest absolute Gasteiger partial charge is 0.358 e. The second-order valence-electron chi connectivity index (χ2n) is 4.24. The predicted octanol–water partition coefficient (Wildman–Crippen LogP) is 0.285. The van der Waals surface area contributed by atoms with Gasteiger partial charge in [-0.2, -0.15) is 0 Å². The lowest BCUT2D eigenvalue weighted by Gasteiger charge is -2.27. The third-order valence-electron chi connectivity index (χ3n) is 2.83. The van der Waals surface area contributed by atoms with Gasteiger partial charge in [0.15, 0.2) is 0 Å².